The van der Waals surface area contributed by atoms with Crippen LogP contribution in [0.4, 0.5) is 9.18 Å². The predicted octanol–water partition coefficient (Wildman–Crippen LogP) is 4.86. The summed E-state index contributed by atoms with van der Waals surface area (Å²) in [6, 6.07) is 8.83. The predicted molar refractivity (Wildman–Crippen MR) is 133 cm³/mol. The number of nitrogens with zero attached hydrogens (tertiary/aromatic N) is 1. The number of nitrogens with one attached hydrogen (secondary N) is 1. The fourth-order valence-electron chi connectivity index (χ4n) is 4.45. The number of piperidine rings is 1. The van der Waals surface area contributed by atoms with Gasteiger partial charge < -0.3 is 24.8 Å². The minimum Gasteiger partial charge on any atom is -0.490 e. The third kappa shape index (κ3) is 5.69. The Hall–Kier alpha value is -3.02. The van der Waals surface area contributed by atoms with Crippen LogP contribution in [0.3, 0.4) is 0 Å². The molecule has 0 unspecified atom stereocenters. The first-order valence-corrected chi connectivity index (χ1v) is 13.5. The molecule has 4 rings (SSSR count). The third-order valence-corrected chi connectivity index (χ3v) is 8.04. The summed E-state index contributed by atoms with van der Waals surface area (Å²) in [5, 5.41) is 11.3. The Kier molecular flexibility index (Phi) is 7.62. The lowest BCUT2D eigenvalue weighted by molar-refractivity contribution is -0.136. The summed E-state index contributed by atoms with van der Waals surface area (Å²) in [4.78, 5) is 25.8. The maximum Gasteiger partial charge on any atom is 0.405 e. The van der Waals surface area contributed by atoms with Gasteiger partial charge in [0, 0.05) is 13.1 Å². The zero-order chi connectivity index (χ0) is 26.0. The number of hydrogen-bond donors (Lipinski definition) is 4. The number of fused-ring (bicyclic) bond motifs is 1. The van der Waals surface area contributed by atoms with E-state index >= 15 is 0 Å². The zero-order valence-corrected chi connectivity index (χ0v) is 21.0. The average molecular weight is 523 g/mol. The van der Waals surface area contributed by atoms with Gasteiger partial charge in [0.15, 0.2) is 17.5 Å². The molecule has 0 aromatic heterocycles. The highest BCUT2D eigenvalue weighted by Crippen LogP contribution is 2.57. The zero-order valence-electron chi connectivity index (χ0n) is 20.1. The third-order valence-electron chi connectivity index (χ3n) is 6.55. The molecule has 2 aromatic rings. The lowest BCUT2D eigenvalue weighted by atomic mass is 9.95. The van der Waals surface area contributed by atoms with Crippen molar-refractivity contribution in [3.63, 3.8) is 0 Å². The van der Waals surface area contributed by atoms with Gasteiger partial charge in [0.1, 0.15) is 16.7 Å². The second-order valence-corrected chi connectivity index (χ2v) is 11.5. The summed E-state index contributed by atoms with van der Waals surface area (Å²) in [7, 11) is -2.92. The molecule has 4 N–H and O–H groups in total. The van der Waals surface area contributed by atoms with Crippen molar-refractivity contribution >= 4 is 22.6 Å². The number of carbonyl (C=O) groups is 2. The van der Waals surface area contributed by atoms with E-state index in [0.29, 0.717) is 54.3 Å². The first-order chi connectivity index (χ1) is 17.0. The van der Waals surface area contributed by atoms with Crippen molar-refractivity contribution in [2.45, 2.75) is 37.6 Å². The Balaban J connectivity index is 1.32. The van der Waals surface area contributed by atoms with E-state index in [9.17, 15) is 23.1 Å². The molecular formula is C25H31FN2O7S. The van der Waals surface area contributed by atoms with Crippen LogP contribution in [0.15, 0.2) is 41.3 Å². The van der Waals surface area contributed by atoms with Crippen LogP contribution in [0.5, 0.6) is 11.5 Å². The Morgan fingerprint density at radius 1 is 1.17 bits per heavy atom. The molecule has 36 heavy (non-hydrogen) atoms. The van der Waals surface area contributed by atoms with Crippen molar-refractivity contribution in [2.24, 2.45) is 11.8 Å². The molecule has 1 fully saturated rings. The van der Waals surface area contributed by atoms with Crippen LogP contribution in [0, 0.1) is 17.7 Å². The quantitative estimate of drug-likeness (QED) is 0.409. The van der Waals surface area contributed by atoms with E-state index in [1.165, 1.54) is 6.07 Å². The molecule has 2 heterocycles. The largest absolute Gasteiger partial charge is 0.490 e. The lowest BCUT2D eigenvalue weighted by Gasteiger charge is -2.35. The number of amides is 2. The highest BCUT2D eigenvalue weighted by atomic mass is 32.3. The Labute approximate surface area is 210 Å². The Bertz CT molecular complexity index is 1140. The fourth-order valence-corrected chi connectivity index (χ4v) is 5.59. The SMILES string of the molecule is CC(C)[C@H](NC(=O)O)C(=O)N1CCC(COc2ccc(-c3ccc4c(c3)OCS4(O)O)cc2F)CC1. The summed E-state index contributed by atoms with van der Waals surface area (Å²) in [6.45, 7) is 4.89. The molecule has 2 aliphatic rings. The molecule has 0 radical (unpaired) electrons. The first-order valence-electron chi connectivity index (χ1n) is 11.8. The molecule has 0 bridgehead atoms. The van der Waals surface area contributed by atoms with Gasteiger partial charge in [-0.1, -0.05) is 26.0 Å². The number of carbonyl (C=O) groups excluding carboxylic acids is 1. The van der Waals surface area contributed by atoms with Crippen molar-refractivity contribution in [1.29, 1.82) is 0 Å². The van der Waals surface area contributed by atoms with E-state index in [1.54, 1.807) is 49.1 Å². The molecular weight excluding hydrogens is 491 g/mol. The summed E-state index contributed by atoms with van der Waals surface area (Å²) < 4.78 is 45.8. The normalized spacial score (nSPS) is 18.8. The number of rotatable bonds is 7. The van der Waals surface area contributed by atoms with Crippen LogP contribution >= 0.6 is 10.6 Å². The van der Waals surface area contributed by atoms with E-state index in [2.05, 4.69) is 5.32 Å². The van der Waals surface area contributed by atoms with Crippen molar-refractivity contribution in [2.75, 3.05) is 25.6 Å². The Morgan fingerprint density at radius 3 is 2.47 bits per heavy atom. The number of ether oxygens (including phenoxy) is 2. The van der Waals surface area contributed by atoms with Crippen molar-refractivity contribution in [3.05, 3.63) is 42.2 Å². The van der Waals surface area contributed by atoms with Gasteiger partial charge in [-0.25, -0.2) is 9.18 Å². The molecule has 0 spiro atoms. The highest BCUT2D eigenvalue weighted by Gasteiger charge is 2.32. The molecule has 2 amide bonds. The van der Waals surface area contributed by atoms with Gasteiger partial charge in [-0.3, -0.25) is 13.9 Å². The van der Waals surface area contributed by atoms with Crippen molar-refractivity contribution < 1.29 is 37.7 Å². The van der Waals surface area contributed by atoms with Crippen LogP contribution in [-0.2, 0) is 4.79 Å². The molecule has 2 aliphatic heterocycles. The van der Waals surface area contributed by atoms with Gasteiger partial charge in [-0.05, 0) is 60.1 Å². The lowest BCUT2D eigenvalue weighted by Crippen LogP contribution is -2.52. The van der Waals surface area contributed by atoms with Gasteiger partial charge in [0.25, 0.3) is 0 Å². The minimum atomic E-state index is -2.92. The van der Waals surface area contributed by atoms with Crippen LogP contribution in [0.2, 0.25) is 0 Å². The van der Waals surface area contributed by atoms with E-state index in [1.807, 2.05) is 0 Å². The number of benzene rings is 2. The van der Waals surface area contributed by atoms with Gasteiger partial charge in [-0.2, -0.15) is 0 Å². The molecule has 1 saturated heterocycles. The standard InChI is InChI=1S/C25H31FN2O7S/c1-15(2)23(27-25(30)31)24(29)28-9-7-16(8-10-28)13-34-20-5-3-17(11-19(20)26)18-4-6-22-21(12-18)35-14-36(22,32)33/h3-6,11-12,15-16,23,27,32-33H,7-10,13-14H2,1-2H3,(H,30,31)/t23-/m0/s1. The molecule has 9 nitrogen and oxygen atoms in total. The minimum absolute atomic E-state index is 0.134. The second-order valence-electron chi connectivity index (χ2n) is 9.49. The van der Waals surface area contributed by atoms with E-state index in [4.69, 9.17) is 14.6 Å². The monoisotopic (exact) mass is 522 g/mol. The van der Waals surface area contributed by atoms with Gasteiger partial charge >= 0.3 is 6.09 Å². The van der Waals surface area contributed by atoms with Crippen molar-refractivity contribution in [1.82, 2.24) is 10.2 Å². The summed E-state index contributed by atoms with van der Waals surface area (Å²) in [5.74, 6) is -0.403. The van der Waals surface area contributed by atoms with Crippen LogP contribution < -0.4 is 14.8 Å². The highest BCUT2D eigenvalue weighted by molar-refractivity contribution is 8.24. The van der Waals surface area contributed by atoms with E-state index < -0.39 is 28.5 Å². The molecule has 0 aliphatic carbocycles. The van der Waals surface area contributed by atoms with Gasteiger partial charge in [-0.15, -0.1) is 10.6 Å². The maximum absolute atomic E-state index is 14.8. The smallest absolute Gasteiger partial charge is 0.405 e. The summed E-state index contributed by atoms with van der Waals surface area (Å²) >= 11 is 0. The molecule has 11 heteroatoms. The number of likely N-dealkylation sites (tertiary alicyclic amines) is 1. The van der Waals surface area contributed by atoms with Gasteiger partial charge in [0.05, 0.1) is 6.61 Å². The summed E-state index contributed by atoms with van der Waals surface area (Å²) in [6.07, 6.45) is 0.135. The molecule has 2 aromatic carbocycles. The fraction of sp³-hybridized carbons (Fsp3) is 0.440. The number of halogens is 1. The number of carboxylic acid groups (broad SMARTS) is 1. The molecule has 1 atom stereocenters. The van der Waals surface area contributed by atoms with Crippen LogP contribution in [-0.4, -0.2) is 62.8 Å². The summed E-state index contributed by atoms with van der Waals surface area (Å²) in [5.41, 5.74) is 1.29. The van der Waals surface area contributed by atoms with E-state index in [-0.39, 0.29) is 29.4 Å². The second kappa shape index (κ2) is 10.5. The maximum atomic E-state index is 14.8. The van der Waals surface area contributed by atoms with Gasteiger partial charge in [0.2, 0.25) is 5.91 Å². The van der Waals surface area contributed by atoms with Crippen molar-refractivity contribution in [3.8, 4) is 22.6 Å². The van der Waals surface area contributed by atoms with E-state index in [0.717, 1.165) is 0 Å². The molecule has 196 valence electrons. The Morgan fingerprint density at radius 2 is 1.83 bits per heavy atom. The van der Waals surface area contributed by atoms with Crippen LogP contribution in [0.1, 0.15) is 26.7 Å². The first kappa shape index (κ1) is 26.1. The molecule has 0 saturated carbocycles. The number of hydrogen-bond acceptors (Lipinski definition) is 6. The van der Waals surface area contributed by atoms with Crippen LogP contribution in [0.25, 0.3) is 11.1 Å². The average Bonchev–Trinajstić information content (AvgIpc) is 3.15. The topological polar surface area (TPSA) is 129 Å².